The molecule has 1 atom stereocenters. The van der Waals surface area contributed by atoms with E-state index in [9.17, 15) is 9.59 Å². The Morgan fingerprint density at radius 1 is 1.12 bits per heavy atom. The molecule has 1 aromatic rings. The van der Waals surface area contributed by atoms with Crippen molar-refractivity contribution in [3.05, 3.63) is 42.1 Å². The maximum absolute atomic E-state index is 12.4. The zero-order chi connectivity index (χ0) is 18.2. The van der Waals surface area contributed by atoms with Crippen LogP contribution >= 0.6 is 0 Å². The van der Waals surface area contributed by atoms with Crippen LogP contribution in [0.4, 0.5) is 4.79 Å². The first-order valence-electron chi connectivity index (χ1n) is 8.62. The summed E-state index contributed by atoms with van der Waals surface area (Å²) in [6.45, 7) is 6.54. The van der Waals surface area contributed by atoms with Gasteiger partial charge in [-0.2, -0.15) is 0 Å². The van der Waals surface area contributed by atoms with Gasteiger partial charge in [0.1, 0.15) is 6.04 Å². The second-order valence-corrected chi connectivity index (χ2v) is 6.44. The molecule has 0 unspecified atom stereocenters. The van der Waals surface area contributed by atoms with Crippen LogP contribution in [0, 0.1) is 5.92 Å². The molecule has 1 aromatic carbocycles. The third kappa shape index (κ3) is 5.52. The van der Waals surface area contributed by atoms with E-state index in [1.54, 1.807) is 4.90 Å². The molecule has 6 heteroatoms. The number of methoxy groups -OCH3 is 1. The molecular weight excluding hydrogens is 318 g/mol. The Morgan fingerprint density at radius 3 is 2.32 bits per heavy atom. The van der Waals surface area contributed by atoms with Crippen molar-refractivity contribution in [1.82, 2.24) is 15.1 Å². The number of carbonyl (C=O) groups is 2. The zero-order valence-corrected chi connectivity index (χ0v) is 15.1. The zero-order valence-electron chi connectivity index (χ0n) is 15.1. The number of hydrogen-bond acceptors (Lipinski definition) is 4. The molecule has 0 aliphatic carbocycles. The molecule has 0 radical (unpaired) electrons. The number of esters is 1. The number of benzene rings is 1. The lowest BCUT2D eigenvalue weighted by molar-refractivity contribution is -0.144. The smallest absolute Gasteiger partial charge is 0.328 e. The van der Waals surface area contributed by atoms with Gasteiger partial charge in [-0.15, -0.1) is 0 Å². The molecular formula is C19H27N3O3. The highest BCUT2D eigenvalue weighted by Gasteiger charge is 2.28. The number of ether oxygens (including phenoxy) is 1. The molecule has 0 bridgehead atoms. The first-order chi connectivity index (χ1) is 12.0. The normalized spacial score (nSPS) is 16.2. The van der Waals surface area contributed by atoms with E-state index in [0.717, 1.165) is 18.7 Å². The van der Waals surface area contributed by atoms with E-state index in [4.69, 9.17) is 4.74 Å². The summed E-state index contributed by atoms with van der Waals surface area (Å²) in [6, 6.07) is 9.29. The molecule has 2 rings (SSSR count). The lowest BCUT2D eigenvalue weighted by atomic mass is 10.1. The lowest BCUT2D eigenvalue weighted by Crippen LogP contribution is -2.55. The van der Waals surface area contributed by atoms with Crippen molar-refractivity contribution in [2.24, 2.45) is 5.92 Å². The summed E-state index contributed by atoms with van der Waals surface area (Å²) in [7, 11) is 1.34. The van der Waals surface area contributed by atoms with Gasteiger partial charge in [-0.05, 0) is 23.8 Å². The van der Waals surface area contributed by atoms with Crippen LogP contribution in [0.15, 0.2) is 36.5 Å². The average molecular weight is 345 g/mol. The first kappa shape index (κ1) is 18.8. The third-order valence-corrected chi connectivity index (χ3v) is 4.28. The van der Waals surface area contributed by atoms with Crippen LogP contribution < -0.4 is 5.32 Å². The number of carbonyl (C=O) groups excluding carboxylic acids is 2. The Kier molecular flexibility index (Phi) is 6.86. The summed E-state index contributed by atoms with van der Waals surface area (Å²) in [5.41, 5.74) is 1.15. The standard InChI is InChI=1S/C19H27N3O3/c1-15(2)17(18(23)25-3)20-19(24)22-13-11-21(12-14-22)10-9-16-7-5-4-6-8-16/h4-10,15,17H,11-14H2,1-3H3,(H,20,24)/t17-/m0/s1. The largest absolute Gasteiger partial charge is 0.467 e. The van der Waals surface area contributed by atoms with Crippen LogP contribution in [-0.2, 0) is 9.53 Å². The SMILES string of the molecule is COC(=O)[C@@H](NC(=O)N1CCN(C=Cc2ccccc2)CC1)C(C)C. The quantitative estimate of drug-likeness (QED) is 0.831. The molecule has 25 heavy (non-hydrogen) atoms. The number of hydrogen-bond donors (Lipinski definition) is 1. The van der Waals surface area contributed by atoms with Gasteiger partial charge in [0.25, 0.3) is 0 Å². The Bertz CT molecular complexity index is 593. The van der Waals surface area contributed by atoms with Gasteiger partial charge in [-0.25, -0.2) is 9.59 Å². The van der Waals surface area contributed by atoms with Crippen molar-refractivity contribution in [3.63, 3.8) is 0 Å². The molecule has 1 saturated heterocycles. The molecule has 6 nitrogen and oxygen atoms in total. The molecule has 1 aliphatic rings. The van der Waals surface area contributed by atoms with E-state index < -0.39 is 12.0 Å². The minimum atomic E-state index is -0.617. The Morgan fingerprint density at radius 2 is 1.76 bits per heavy atom. The Labute approximate surface area is 149 Å². The predicted molar refractivity (Wildman–Crippen MR) is 97.8 cm³/mol. The second-order valence-electron chi connectivity index (χ2n) is 6.44. The lowest BCUT2D eigenvalue weighted by Gasteiger charge is -2.35. The summed E-state index contributed by atoms with van der Waals surface area (Å²) in [4.78, 5) is 28.1. The van der Waals surface area contributed by atoms with Crippen LogP contribution in [0.5, 0.6) is 0 Å². The third-order valence-electron chi connectivity index (χ3n) is 4.28. The van der Waals surface area contributed by atoms with Crippen molar-refractivity contribution < 1.29 is 14.3 Å². The Balaban J connectivity index is 1.83. The summed E-state index contributed by atoms with van der Waals surface area (Å²) >= 11 is 0. The molecule has 1 heterocycles. The maximum Gasteiger partial charge on any atom is 0.328 e. The van der Waals surface area contributed by atoms with Gasteiger partial charge in [-0.3, -0.25) is 0 Å². The monoisotopic (exact) mass is 345 g/mol. The van der Waals surface area contributed by atoms with Gasteiger partial charge in [0.05, 0.1) is 7.11 Å². The fraction of sp³-hybridized carbons (Fsp3) is 0.474. The fourth-order valence-electron chi connectivity index (χ4n) is 2.68. The van der Waals surface area contributed by atoms with Gasteiger partial charge in [-0.1, -0.05) is 44.2 Å². The number of nitrogens with one attached hydrogen (secondary N) is 1. The fourth-order valence-corrected chi connectivity index (χ4v) is 2.68. The number of piperazine rings is 1. The molecule has 0 aromatic heterocycles. The molecule has 0 saturated carbocycles. The summed E-state index contributed by atoms with van der Waals surface area (Å²) in [5.74, 6) is -0.431. The van der Waals surface area contributed by atoms with Gasteiger partial charge in [0.15, 0.2) is 0 Å². The van der Waals surface area contributed by atoms with Crippen molar-refractivity contribution in [3.8, 4) is 0 Å². The number of urea groups is 1. The Hall–Kier alpha value is -2.50. The minimum absolute atomic E-state index is 0.0218. The van der Waals surface area contributed by atoms with E-state index in [1.165, 1.54) is 7.11 Å². The van der Waals surface area contributed by atoms with E-state index in [0.29, 0.717) is 13.1 Å². The van der Waals surface area contributed by atoms with E-state index >= 15 is 0 Å². The highest BCUT2D eigenvalue weighted by atomic mass is 16.5. The summed E-state index contributed by atoms with van der Waals surface area (Å²) < 4.78 is 4.76. The van der Waals surface area contributed by atoms with Crippen LogP contribution in [0.2, 0.25) is 0 Å². The van der Waals surface area contributed by atoms with Crippen molar-refractivity contribution >= 4 is 18.1 Å². The molecule has 1 aliphatic heterocycles. The molecule has 136 valence electrons. The second kappa shape index (κ2) is 9.11. The van der Waals surface area contributed by atoms with Crippen LogP contribution in [0.1, 0.15) is 19.4 Å². The van der Waals surface area contributed by atoms with Crippen LogP contribution in [-0.4, -0.2) is 61.1 Å². The number of nitrogens with zero attached hydrogens (tertiary/aromatic N) is 2. The highest BCUT2D eigenvalue weighted by molar-refractivity contribution is 5.83. The summed E-state index contributed by atoms with van der Waals surface area (Å²) in [5, 5.41) is 2.79. The van der Waals surface area contributed by atoms with E-state index in [2.05, 4.69) is 34.6 Å². The van der Waals surface area contributed by atoms with E-state index in [1.807, 2.05) is 32.0 Å². The topological polar surface area (TPSA) is 61.9 Å². The molecule has 1 fully saturated rings. The molecule has 0 spiro atoms. The van der Waals surface area contributed by atoms with Gasteiger partial charge in [0, 0.05) is 26.2 Å². The van der Waals surface area contributed by atoms with Crippen molar-refractivity contribution in [1.29, 1.82) is 0 Å². The first-order valence-corrected chi connectivity index (χ1v) is 8.62. The van der Waals surface area contributed by atoms with E-state index in [-0.39, 0.29) is 11.9 Å². The van der Waals surface area contributed by atoms with Crippen LogP contribution in [0.25, 0.3) is 6.08 Å². The van der Waals surface area contributed by atoms with Gasteiger partial charge < -0.3 is 19.9 Å². The molecule has 1 N–H and O–H groups in total. The van der Waals surface area contributed by atoms with Gasteiger partial charge >= 0.3 is 12.0 Å². The highest BCUT2D eigenvalue weighted by Crippen LogP contribution is 2.09. The average Bonchev–Trinajstić information content (AvgIpc) is 2.64. The van der Waals surface area contributed by atoms with Crippen molar-refractivity contribution in [2.45, 2.75) is 19.9 Å². The van der Waals surface area contributed by atoms with Crippen LogP contribution in [0.3, 0.4) is 0 Å². The maximum atomic E-state index is 12.4. The minimum Gasteiger partial charge on any atom is -0.467 e. The molecule has 2 amide bonds. The predicted octanol–water partition coefficient (Wildman–Crippen LogP) is 2.18. The van der Waals surface area contributed by atoms with Gasteiger partial charge in [0.2, 0.25) is 0 Å². The number of rotatable bonds is 5. The number of amides is 2. The van der Waals surface area contributed by atoms with Crippen molar-refractivity contribution in [2.75, 3.05) is 33.3 Å². The summed E-state index contributed by atoms with van der Waals surface area (Å²) in [6.07, 6.45) is 4.14.